The molecule has 1 aromatic carbocycles. The molecule has 1 aromatic rings. The molecule has 2 N–H and O–H groups in total. The van der Waals surface area contributed by atoms with E-state index in [4.69, 9.17) is 4.74 Å². The van der Waals surface area contributed by atoms with Gasteiger partial charge in [-0.2, -0.15) is 0 Å². The molecule has 0 radical (unpaired) electrons. The molecule has 0 aromatic heterocycles. The number of hydrogen-bond acceptors (Lipinski definition) is 6. The van der Waals surface area contributed by atoms with Gasteiger partial charge in [-0.1, -0.05) is 45.1 Å². The Morgan fingerprint density at radius 2 is 1.84 bits per heavy atom. The molecule has 1 saturated heterocycles. The van der Waals surface area contributed by atoms with Crippen LogP contribution in [0.25, 0.3) is 0 Å². The van der Waals surface area contributed by atoms with Crippen molar-refractivity contribution < 1.29 is 28.7 Å². The molecule has 9 nitrogen and oxygen atoms in total. The third kappa shape index (κ3) is 5.33. The first-order chi connectivity index (χ1) is 15.4. The van der Waals surface area contributed by atoms with E-state index in [1.807, 2.05) is 0 Å². The summed E-state index contributed by atoms with van der Waals surface area (Å²) in [6.07, 6.45) is 6.84. The van der Waals surface area contributed by atoms with E-state index in [2.05, 4.69) is 17.6 Å². The lowest BCUT2D eigenvalue weighted by atomic mass is 10.0. The first-order valence-electron chi connectivity index (χ1n) is 11.2. The van der Waals surface area contributed by atoms with Gasteiger partial charge in [-0.25, -0.2) is 0 Å². The summed E-state index contributed by atoms with van der Waals surface area (Å²) in [6, 6.07) is 3.50. The van der Waals surface area contributed by atoms with Crippen LogP contribution >= 0.6 is 0 Å². The zero-order chi connectivity index (χ0) is 23.1. The summed E-state index contributed by atoms with van der Waals surface area (Å²) < 4.78 is 5.55. The summed E-state index contributed by atoms with van der Waals surface area (Å²) in [7, 11) is 0. The first kappa shape index (κ1) is 23.4. The van der Waals surface area contributed by atoms with Crippen molar-refractivity contribution in [2.75, 3.05) is 13.2 Å². The molecule has 2 heterocycles. The Hall–Kier alpha value is -3.23. The number of carbonyl (C=O) groups is 5. The maximum atomic E-state index is 13.0. The normalized spacial score (nSPS) is 17.9. The molecule has 2 aliphatic rings. The Morgan fingerprint density at radius 3 is 2.59 bits per heavy atom. The smallest absolute Gasteiger partial charge is 0.266 e. The Balaban J connectivity index is 1.56. The molecule has 0 aliphatic carbocycles. The van der Waals surface area contributed by atoms with E-state index >= 15 is 0 Å². The van der Waals surface area contributed by atoms with Gasteiger partial charge in [0.1, 0.15) is 11.8 Å². The predicted octanol–water partition coefficient (Wildman–Crippen LogP) is 1.94. The summed E-state index contributed by atoms with van der Waals surface area (Å²) >= 11 is 0. The fourth-order valence-corrected chi connectivity index (χ4v) is 3.93. The van der Waals surface area contributed by atoms with Crippen LogP contribution in [0.15, 0.2) is 18.2 Å². The molecule has 2 aliphatic heterocycles. The quantitative estimate of drug-likeness (QED) is 0.398. The first-order valence-corrected chi connectivity index (χ1v) is 11.2. The zero-order valence-electron chi connectivity index (χ0n) is 18.3. The van der Waals surface area contributed by atoms with E-state index in [1.165, 1.54) is 31.4 Å². The molecule has 1 fully saturated rings. The van der Waals surface area contributed by atoms with Gasteiger partial charge in [0.2, 0.25) is 11.8 Å². The SMILES string of the molecule is CCCCCCCCNC(=O)COc1cccc2c1C(=O)N(C1CCC(=O)NC1=O)C2=O. The van der Waals surface area contributed by atoms with Crippen molar-refractivity contribution in [3.8, 4) is 5.75 Å². The van der Waals surface area contributed by atoms with Crippen molar-refractivity contribution in [3.05, 3.63) is 29.3 Å². The lowest BCUT2D eigenvalue weighted by Crippen LogP contribution is -2.54. The minimum atomic E-state index is -1.05. The van der Waals surface area contributed by atoms with E-state index in [1.54, 1.807) is 6.07 Å². The largest absolute Gasteiger partial charge is 0.483 e. The van der Waals surface area contributed by atoms with Crippen LogP contribution in [0.5, 0.6) is 5.75 Å². The van der Waals surface area contributed by atoms with Crippen LogP contribution in [0.3, 0.4) is 0 Å². The maximum Gasteiger partial charge on any atom is 0.266 e. The van der Waals surface area contributed by atoms with Gasteiger partial charge in [-0.05, 0) is 25.0 Å². The van der Waals surface area contributed by atoms with Crippen LogP contribution < -0.4 is 15.4 Å². The zero-order valence-corrected chi connectivity index (χ0v) is 18.3. The summed E-state index contributed by atoms with van der Waals surface area (Å²) in [4.78, 5) is 62.3. The van der Waals surface area contributed by atoms with Gasteiger partial charge in [0.05, 0.1) is 11.1 Å². The molecule has 5 amide bonds. The van der Waals surface area contributed by atoms with Gasteiger partial charge in [0.25, 0.3) is 17.7 Å². The molecule has 0 spiro atoms. The van der Waals surface area contributed by atoms with Gasteiger partial charge >= 0.3 is 0 Å². The predicted molar refractivity (Wildman–Crippen MR) is 115 cm³/mol. The molecule has 1 unspecified atom stereocenters. The number of hydrogen-bond donors (Lipinski definition) is 2. The summed E-state index contributed by atoms with van der Waals surface area (Å²) in [5.41, 5.74) is 0.149. The molecule has 3 rings (SSSR count). The second-order valence-corrected chi connectivity index (χ2v) is 8.03. The average molecular weight is 444 g/mol. The van der Waals surface area contributed by atoms with Crippen LogP contribution in [0.4, 0.5) is 0 Å². The second kappa shape index (κ2) is 10.9. The van der Waals surface area contributed by atoms with Crippen molar-refractivity contribution >= 4 is 29.5 Å². The number of fused-ring (bicyclic) bond motifs is 1. The van der Waals surface area contributed by atoms with Crippen LogP contribution in [-0.4, -0.2) is 53.6 Å². The average Bonchev–Trinajstić information content (AvgIpc) is 3.02. The van der Waals surface area contributed by atoms with Crippen LogP contribution in [0.2, 0.25) is 0 Å². The van der Waals surface area contributed by atoms with Crippen molar-refractivity contribution in [2.24, 2.45) is 0 Å². The van der Waals surface area contributed by atoms with E-state index in [-0.39, 0.29) is 42.2 Å². The molecule has 32 heavy (non-hydrogen) atoms. The highest BCUT2D eigenvalue weighted by Gasteiger charge is 2.46. The number of unbranched alkanes of at least 4 members (excludes halogenated alkanes) is 5. The Kier molecular flexibility index (Phi) is 7.97. The minimum Gasteiger partial charge on any atom is -0.483 e. The topological polar surface area (TPSA) is 122 Å². The summed E-state index contributed by atoms with van der Waals surface area (Å²) in [6.45, 7) is 2.44. The van der Waals surface area contributed by atoms with Crippen molar-refractivity contribution in [2.45, 2.75) is 64.3 Å². The van der Waals surface area contributed by atoms with Crippen molar-refractivity contribution in [3.63, 3.8) is 0 Å². The third-order valence-corrected chi connectivity index (χ3v) is 5.64. The molecule has 0 saturated carbocycles. The van der Waals surface area contributed by atoms with Crippen molar-refractivity contribution in [1.29, 1.82) is 0 Å². The van der Waals surface area contributed by atoms with Gasteiger partial charge in [0.15, 0.2) is 6.61 Å². The molecule has 0 bridgehead atoms. The van der Waals surface area contributed by atoms with E-state index in [0.717, 1.165) is 24.2 Å². The third-order valence-electron chi connectivity index (χ3n) is 5.64. The van der Waals surface area contributed by atoms with Crippen LogP contribution in [-0.2, 0) is 14.4 Å². The molecular weight excluding hydrogens is 414 g/mol. The van der Waals surface area contributed by atoms with Crippen molar-refractivity contribution in [1.82, 2.24) is 15.5 Å². The standard InChI is InChI=1S/C23H29N3O6/c1-2-3-4-5-6-7-13-24-19(28)14-32-17-10-8-9-15-20(17)23(31)26(22(15)30)16-11-12-18(27)25-21(16)29/h8-10,16H,2-7,11-14H2,1H3,(H,24,28)(H,25,27,29). The highest BCUT2D eigenvalue weighted by Crippen LogP contribution is 2.33. The number of benzene rings is 1. The number of ether oxygens (including phenoxy) is 1. The number of nitrogens with zero attached hydrogens (tertiary/aromatic N) is 1. The van der Waals surface area contributed by atoms with E-state index in [0.29, 0.717) is 6.54 Å². The maximum absolute atomic E-state index is 13.0. The molecular formula is C23H29N3O6. The molecule has 1 atom stereocenters. The van der Waals surface area contributed by atoms with Gasteiger partial charge in [-0.15, -0.1) is 0 Å². The number of carbonyl (C=O) groups excluding carboxylic acids is 5. The Morgan fingerprint density at radius 1 is 1.09 bits per heavy atom. The lowest BCUT2D eigenvalue weighted by Gasteiger charge is -2.27. The lowest BCUT2D eigenvalue weighted by molar-refractivity contribution is -0.136. The minimum absolute atomic E-state index is 0.0333. The number of imide groups is 2. The number of nitrogens with one attached hydrogen (secondary N) is 2. The van der Waals surface area contributed by atoms with E-state index in [9.17, 15) is 24.0 Å². The fraction of sp³-hybridized carbons (Fsp3) is 0.522. The molecule has 172 valence electrons. The summed E-state index contributed by atoms with van der Waals surface area (Å²) in [5, 5.41) is 4.95. The Labute approximate surface area is 186 Å². The van der Waals surface area contributed by atoms with Crippen LogP contribution in [0, 0.1) is 0 Å². The monoisotopic (exact) mass is 443 g/mol. The highest BCUT2D eigenvalue weighted by molar-refractivity contribution is 6.24. The molecule has 9 heteroatoms. The van der Waals surface area contributed by atoms with E-state index < -0.39 is 29.7 Å². The number of piperidine rings is 1. The highest BCUT2D eigenvalue weighted by atomic mass is 16.5. The van der Waals surface area contributed by atoms with Gasteiger partial charge < -0.3 is 10.1 Å². The summed E-state index contributed by atoms with van der Waals surface area (Å²) in [5.74, 6) is -2.58. The second-order valence-electron chi connectivity index (χ2n) is 8.03. The number of amides is 5. The van der Waals surface area contributed by atoms with Gasteiger partial charge in [0, 0.05) is 13.0 Å². The Bertz CT molecular complexity index is 913. The fourth-order valence-electron chi connectivity index (χ4n) is 3.93. The van der Waals surface area contributed by atoms with Gasteiger partial charge in [-0.3, -0.25) is 34.2 Å². The van der Waals surface area contributed by atoms with Crippen LogP contribution in [0.1, 0.15) is 79.0 Å². The number of rotatable bonds is 11.